The van der Waals surface area contributed by atoms with Gasteiger partial charge in [-0.05, 0) is 62.6 Å². The first kappa shape index (κ1) is 20.1. The number of phenols is 1. The van der Waals surface area contributed by atoms with Crippen molar-refractivity contribution in [3.8, 4) is 11.4 Å². The summed E-state index contributed by atoms with van der Waals surface area (Å²) in [6.45, 7) is 8.06. The van der Waals surface area contributed by atoms with Gasteiger partial charge in [-0.3, -0.25) is 4.79 Å². The lowest BCUT2D eigenvalue weighted by atomic mass is 9.55. The van der Waals surface area contributed by atoms with Crippen LogP contribution in [0.3, 0.4) is 0 Å². The maximum Gasteiger partial charge on any atom is 0.309 e. The quantitative estimate of drug-likeness (QED) is 0.596. The zero-order chi connectivity index (χ0) is 22.3. The lowest BCUT2D eigenvalue weighted by molar-refractivity contribution is -0.205. The topological polar surface area (TPSA) is 71.7 Å². The zero-order valence-corrected chi connectivity index (χ0v) is 18.1. The first-order valence-corrected chi connectivity index (χ1v) is 10.5. The SMILES string of the molecule is Cc1cc(-n2c3c(c4c(O)cccc42)[C@]2(C[C@](C)(C(=O)O)C2)OCC3(C)C)ccc1F. The van der Waals surface area contributed by atoms with E-state index in [2.05, 4.69) is 18.4 Å². The molecule has 6 heteroatoms. The van der Waals surface area contributed by atoms with Crippen LogP contribution in [0.5, 0.6) is 5.75 Å². The maximum atomic E-state index is 14.0. The second-order valence-corrected chi connectivity index (χ2v) is 10.0. The number of nitrogens with zero attached hydrogens (tertiary/aromatic N) is 1. The van der Waals surface area contributed by atoms with Gasteiger partial charge in [0.2, 0.25) is 0 Å². The fourth-order valence-electron chi connectivity index (χ4n) is 5.54. The number of carboxylic acid groups (broad SMARTS) is 1. The third-order valence-corrected chi connectivity index (χ3v) is 7.05. The van der Waals surface area contributed by atoms with Crippen LogP contribution in [-0.4, -0.2) is 27.4 Å². The van der Waals surface area contributed by atoms with Crippen LogP contribution in [-0.2, 0) is 20.5 Å². The Bertz CT molecular complexity index is 1250. The lowest BCUT2D eigenvalue weighted by Crippen LogP contribution is -2.57. The van der Waals surface area contributed by atoms with E-state index in [4.69, 9.17) is 4.74 Å². The molecule has 2 N–H and O–H groups in total. The Labute approximate surface area is 180 Å². The van der Waals surface area contributed by atoms with E-state index in [1.54, 1.807) is 38.1 Å². The highest BCUT2D eigenvalue weighted by molar-refractivity contribution is 5.94. The minimum Gasteiger partial charge on any atom is -0.507 e. The van der Waals surface area contributed by atoms with Crippen LogP contribution >= 0.6 is 0 Å². The van der Waals surface area contributed by atoms with Gasteiger partial charge in [-0.1, -0.05) is 19.9 Å². The molecule has 2 aliphatic rings. The average Bonchev–Trinajstić information content (AvgIpc) is 3.04. The summed E-state index contributed by atoms with van der Waals surface area (Å²) in [5.41, 5.74) is 1.95. The first-order valence-electron chi connectivity index (χ1n) is 10.5. The standard InChI is InChI=1S/C25H26FNO4/c1-14-10-15(8-9-16(14)26)27-17-6-5-7-18(28)19(17)20-21(27)23(2,3)13-31-25(20)11-24(4,12-25)22(29)30/h5-10,28H,11-13H2,1-4H3,(H,29,30)/t24-,25+. The van der Waals surface area contributed by atoms with E-state index >= 15 is 0 Å². The second kappa shape index (κ2) is 6.10. The Morgan fingerprint density at radius 1 is 1.16 bits per heavy atom. The van der Waals surface area contributed by atoms with Crippen molar-refractivity contribution in [1.29, 1.82) is 0 Å². The summed E-state index contributed by atoms with van der Waals surface area (Å²) in [5, 5.41) is 21.3. The van der Waals surface area contributed by atoms with E-state index in [1.807, 2.05) is 6.07 Å². The van der Waals surface area contributed by atoms with E-state index in [0.29, 0.717) is 30.4 Å². The highest BCUT2D eigenvalue weighted by atomic mass is 19.1. The average molecular weight is 423 g/mol. The smallest absolute Gasteiger partial charge is 0.309 e. The van der Waals surface area contributed by atoms with Crippen molar-refractivity contribution < 1.29 is 24.1 Å². The summed E-state index contributed by atoms with van der Waals surface area (Å²) in [6, 6.07) is 10.4. The van der Waals surface area contributed by atoms with E-state index in [9.17, 15) is 19.4 Å². The number of halogens is 1. The number of aromatic hydroxyl groups is 1. The maximum absolute atomic E-state index is 14.0. The Kier molecular flexibility index (Phi) is 3.95. The largest absolute Gasteiger partial charge is 0.507 e. The van der Waals surface area contributed by atoms with E-state index in [-0.39, 0.29) is 11.6 Å². The van der Waals surface area contributed by atoms with Crippen LogP contribution in [0.15, 0.2) is 36.4 Å². The molecule has 5 rings (SSSR count). The van der Waals surface area contributed by atoms with Gasteiger partial charge >= 0.3 is 5.97 Å². The van der Waals surface area contributed by atoms with Crippen LogP contribution in [0, 0.1) is 18.2 Å². The predicted molar refractivity (Wildman–Crippen MR) is 115 cm³/mol. The van der Waals surface area contributed by atoms with Gasteiger partial charge in [0, 0.05) is 27.7 Å². The number of hydrogen-bond acceptors (Lipinski definition) is 3. The number of aryl methyl sites for hydroxylation is 1. The molecule has 0 atom stereocenters. The highest BCUT2D eigenvalue weighted by Crippen LogP contribution is 2.63. The molecule has 3 aromatic rings. The molecule has 0 unspecified atom stereocenters. The molecule has 1 aliphatic heterocycles. The molecule has 0 radical (unpaired) electrons. The number of fused-ring (bicyclic) bond motifs is 4. The second-order valence-electron chi connectivity index (χ2n) is 10.0. The lowest BCUT2D eigenvalue weighted by Gasteiger charge is -2.56. The molecule has 1 aliphatic carbocycles. The number of hydrogen-bond donors (Lipinski definition) is 2. The molecule has 2 heterocycles. The van der Waals surface area contributed by atoms with E-state index < -0.39 is 22.4 Å². The summed E-state index contributed by atoms with van der Waals surface area (Å²) in [7, 11) is 0. The monoisotopic (exact) mass is 423 g/mol. The molecule has 31 heavy (non-hydrogen) atoms. The van der Waals surface area contributed by atoms with Crippen molar-refractivity contribution >= 4 is 16.9 Å². The number of rotatable bonds is 2. The van der Waals surface area contributed by atoms with Crippen LogP contribution in [0.25, 0.3) is 16.6 Å². The Balaban J connectivity index is 1.86. The summed E-state index contributed by atoms with van der Waals surface area (Å²) >= 11 is 0. The molecule has 1 saturated carbocycles. The molecule has 162 valence electrons. The number of aromatic nitrogens is 1. The first-order chi connectivity index (χ1) is 14.5. The number of carboxylic acids is 1. The normalized spacial score (nSPS) is 26.6. The predicted octanol–water partition coefficient (Wildman–Crippen LogP) is 5.17. The van der Waals surface area contributed by atoms with Crippen LogP contribution in [0.1, 0.15) is 50.4 Å². The zero-order valence-electron chi connectivity index (χ0n) is 18.1. The van der Waals surface area contributed by atoms with Crippen LogP contribution in [0.4, 0.5) is 4.39 Å². The highest BCUT2D eigenvalue weighted by Gasteiger charge is 2.62. The fraction of sp³-hybridized carbons (Fsp3) is 0.400. The van der Waals surface area contributed by atoms with Crippen molar-refractivity contribution in [2.45, 2.75) is 51.6 Å². The van der Waals surface area contributed by atoms with Gasteiger partial charge in [-0.15, -0.1) is 0 Å². The summed E-state index contributed by atoms with van der Waals surface area (Å²) in [4.78, 5) is 11.8. The van der Waals surface area contributed by atoms with Crippen molar-refractivity contribution in [3.05, 3.63) is 59.0 Å². The van der Waals surface area contributed by atoms with Gasteiger partial charge in [-0.2, -0.15) is 0 Å². The van der Waals surface area contributed by atoms with Gasteiger partial charge in [-0.25, -0.2) is 4.39 Å². The molecule has 2 aromatic carbocycles. The molecular formula is C25H26FNO4. The molecule has 1 spiro atoms. The molecule has 0 saturated heterocycles. The fourth-order valence-corrected chi connectivity index (χ4v) is 5.54. The Morgan fingerprint density at radius 3 is 2.52 bits per heavy atom. The van der Waals surface area contributed by atoms with Gasteiger partial charge in [0.1, 0.15) is 11.6 Å². The van der Waals surface area contributed by atoms with Crippen molar-refractivity contribution in [2.75, 3.05) is 6.61 Å². The van der Waals surface area contributed by atoms with Gasteiger partial charge in [0.05, 0.1) is 23.1 Å². The van der Waals surface area contributed by atoms with Crippen molar-refractivity contribution in [2.24, 2.45) is 5.41 Å². The summed E-state index contributed by atoms with van der Waals surface area (Å²) in [6.07, 6.45) is 0.683. The molecule has 0 amide bonds. The molecule has 1 aromatic heterocycles. The molecule has 5 nitrogen and oxygen atoms in total. The third kappa shape index (κ3) is 2.61. The van der Waals surface area contributed by atoms with Crippen LogP contribution in [0.2, 0.25) is 0 Å². The number of carbonyl (C=O) groups is 1. The number of aliphatic carboxylic acids is 1. The van der Waals surface area contributed by atoms with Gasteiger partial charge in [0.15, 0.2) is 0 Å². The number of benzene rings is 2. The minimum atomic E-state index is -0.871. The third-order valence-electron chi connectivity index (χ3n) is 7.05. The molecular weight excluding hydrogens is 397 g/mol. The van der Waals surface area contributed by atoms with Crippen molar-refractivity contribution in [3.63, 3.8) is 0 Å². The van der Waals surface area contributed by atoms with Gasteiger partial charge in [0.25, 0.3) is 0 Å². The Hall–Kier alpha value is -2.86. The summed E-state index contributed by atoms with van der Waals surface area (Å²) < 4.78 is 22.5. The number of phenolic OH excluding ortho intramolecular Hbond substituents is 1. The molecule has 1 fully saturated rings. The Morgan fingerprint density at radius 2 is 1.87 bits per heavy atom. The molecule has 0 bridgehead atoms. The van der Waals surface area contributed by atoms with Crippen LogP contribution < -0.4 is 0 Å². The van der Waals surface area contributed by atoms with Gasteiger partial charge < -0.3 is 19.5 Å². The number of ether oxygens (including phenoxy) is 1. The van der Waals surface area contributed by atoms with E-state index in [0.717, 1.165) is 22.5 Å². The minimum absolute atomic E-state index is 0.135. The summed E-state index contributed by atoms with van der Waals surface area (Å²) in [5.74, 6) is -0.974. The van der Waals surface area contributed by atoms with E-state index in [1.165, 1.54) is 6.07 Å². The van der Waals surface area contributed by atoms with Crippen molar-refractivity contribution in [1.82, 2.24) is 4.57 Å².